The van der Waals surface area contributed by atoms with Gasteiger partial charge in [0.1, 0.15) is 5.75 Å². The molecule has 0 spiro atoms. The molecule has 0 bridgehead atoms. The molecule has 2 rings (SSSR count). The number of nitrogens with zero attached hydrogens (tertiary/aromatic N) is 1. The molecule has 0 radical (unpaired) electrons. The summed E-state index contributed by atoms with van der Waals surface area (Å²) >= 11 is 8.44. The highest BCUT2D eigenvalue weighted by Crippen LogP contribution is 2.25. The van der Waals surface area contributed by atoms with Crippen molar-refractivity contribution in [1.29, 1.82) is 5.26 Å². The molecule has 2 N–H and O–H groups in total. The standard InChI is InChI=1S/C16H12BrN3O2S/c1-22-14-7-4-11(8-13(14)17)15(21)20-16(23)19-12-5-2-10(9-18)3-6-12/h2-8H,1H3,(H2,19,20,21,23). The van der Waals surface area contributed by atoms with Crippen LogP contribution in [0, 0.1) is 11.3 Å². The van der Waals surface area contributed by atoms with Crippen LogP contribution in [0.15, 0.2) is 46.9 Å². The summed E-state index contributed by atoms with van der Waals surface area (Å²) in [5.41, 5.74) is 1.68. The van der Waals surface area contributed by atoms with E-state index in [1.54, 1.807) is 49.6 Å². The predicted octanol–water partition coefficient (Wildman–Crippen LogP) is 3.46. The fourth-order valence-electron chi connectivity index (χ4n) is 1.77. The Balaban J connectivity index is 2.00. The number of carbonyl (C=O) groups excluding carboxylic acids is 1. The van der Waals surface area contributed by atoms with E-state index in [2.05, 4.69) is 26.6 Å². The van der Waals surface area contributed by atoms with Crippen molar-refractivity contribution in [3.05, 3.63) is 58.1 Å². The number of hydrogen-bond donors (Lipinski definition) is 2. The summed E-state index contributed by atoms with van der Waals surface area (Å²) in [6.07, 6.45) is 0. The minimum absolute atomic E-state index is 0.173. The van der Waals surface area contributed by atoms with E-state index >= 15 is 0 Å². The number of rotatable bonds is 3. The fourth-order valence-corrected chi connectivity index (χ4v) is 2.52. The lowest BCUT2D eigenvalue weighted by atomic mass is 10.2. The molecule has 5 nitrogen and oxygen atoms in total. The molecular weight excluding hydrogens is 378 g/mol. The van der Waals surface area contributed by atoms with Gasteiger partial charge in [-0.2, -0.15) is 5.26 Å². The first-order chi connectivity index (χ1) is 11.0. The van der Waals surface area contributed by atoms with Crippen LogP contribution in [0.5, 0.6) is 5.75 Å². The second kappa shape index (κ2) is 7.72. The fraction of sp³-hybridized carbons (Fsp3) is 0.0625. The number of nitriles is 1. The van der Waals surface area contributed by atoms with Gasteiger partial charge in [-0.25, -0.2) is 0 Å². The summed E-state index contributed by atoms with van der Waals surface area (Å²) in [6, 6.07) is 13.8. The molecule has 0 saturated carbocycles. The molecular formula is C16H12BrN3O2S. The summed E-state index contributed by atoms with van der Waals surface area (Å²) in [4.78, 5) is 12.2. The third-order valence-electron chi connectivity index (χ3n) is 2.91. The number of halogens is 1. The van der Waals surface area contributed by atoms with Gasteiger partial charge in [0.05, 0.1) is 23.2 Å². The minimum atomic E-state index is -0.334. The van der Waals surface area contributed by atoms with Crippen molar-refractivity contribution in [3.63, 3.8) is 0 Å². The zero-order valence-electron chi connectivity index (χ0n) is 12.1. The molecule has 23 heavy (non-hydrogen) atoms. The number of benzene rings is 2. The first-order valence-electron chi connectivity index (χ1n) is 6.49. The van der Waals surface area contributed by atoms with Crippen molar-refractivity contribution in [2.24, 2.45) is 0 Å². The normalized spacial score (nSPS) is 9.61. The van der Waals surface area contributed by atoms with E-state index in [1.165, 1.54) is 0 Å². The van der Waals surface area contributed by atoms with Crippen LogP contribution in [0.3, 0.4) is 0 Å². The van der Waals surface area contributed by atoms with Gasteiger partial charge in [0, 0.05) is 11.3 Å². The lowest BCUT2D eigenvalue weighted by Gasteiger charge is -2.10. The van der Waals surface area contributed by atoms with Gasteiger partial charge in [0.15, 0.2) is 5.11 Å². The summed E-state index contributed by atoms with van der Waals surface area (Å²) < 4.78 is 5.80. The highest BCUT2D eigenvalue weighted by atomic mass is 79.9. The maximum absolute atomic E-state index is 12.2. The molecule has 7 heteroatoms. The largest absolute Gasteiger partial charge is 0.496 e. The van der Waals surface area contributed by atoms with E-state index in [-0.39, 0.29) is 11.0 Å². The first-order valence-corrected chi connectivity index (χ1v) is 7.69. The Morgan fingerprint density at radius 2 is 1.96 bits per heavy atom. The highest BCUT2D eigenvalue weighted by Gasteiger charge is 2.10. The van der Waals surface area contributed by atoms with Gasteiger partial charge in [0.25, 0.3) is 5.91 Å². The van der Waals surface area contributed by atoms with Crippen molar-refractivity contribution in [3.8, 4) is 11.8 Å². The Morgan fingerprint density at radius 3 is 2.52 bits per heavy atom. The summed E-state index contributed by atoms with van der Waals surface area (Å²) in [5.74, 6) is 0.305. The average Bonchev–Trinajstić information content (AvgIpc) is 2.55. The number of carbonyl (C=O) groups is 1. The number of methoxy groups -OCH3 is 1. The minimum Gasteiger partial charge on any atom is -0.496 e. The monoisotopic (exact) mass is 389 g/mol. The van der Waals surface area contributed by atoms with Crippen LogP contribution in [-0.2, 0) is 0 Å². The molecule has 0 saturated heterocycles. The zero-order chi connectivity index (χ0) is 16.8. The molecule has 0 fully saturated rings. The van der Waals surface area contributed by atoms with E-state index in [0.717, 1.165) is 0 Å². The van der Waals surface area contributed by atoms with Crippen LogP contribution in [0.2, 0.25) is 0 Å². The van der Waals surface area contributed by atoms with Crippen LogP contribution >= 0.6 is 28.1 Å². The molecule has 1 amide bonds. The van der Waals surface area contributed by atoms with Gasteiger partial charge in [-0.15, -0.1) is 0 Å². The molecule has 2 aromatic carbocycles. The van der Waals surface area contributed by atoms with Crippen LogP contribution in [0.4, 0.5) is 5.69 Å². The van der Waals surface area contributed by atoms with Gasteiger partial charge in [-0.1, -0.05) is 0 Å². The molecule has 0 unspecified atom stereocenters. The third-order valence-corrected chi connectivity index (χ3v) is 3.74. The van der Waals surface area contributed by atoms with Crippen LogP contribution in [0.1, 0.15) is 15.9 Å². The maximum Gasteiger partial charge on any atom is 0.257 e. The van der Waals surface area contributed by atoms with Gasteiger partial charge in [-0.05, 0) is 70.6 Å². The van der Waals surface area contributed by atoms with E-state index in [0.29, 0.717) is 27.0 Å². The Bertz CT molecular complexity index is 785. The Kier molecular flexibility index (Phi) is 5.68. The Morgan fingerprint density at radius 1 is 1.26 bits per heavy atom. The maximum atomic E-state index is 12.2. The number of hydrogen-bond acceptors (Lipinski definition) is 4. The topological polar surface area (TPSA) is 74.2 Å². The molecule has 116 valence electrons. The van der Waals surface area contributed by atoms with Crippen molar-refractivity contribution in [2.45, 2.75) is 0 Å². The molecule has 0 aliphatic heterocycles. The van der Waals surface area contributed by atoms with Crippen molar-refractivity contribution in [2.75, 3.05) is 12.4 Å². The van der Waals surface area contributed by atoms with Gasteiger partial charge in [0.2, 0.25) is 0 Å². The number of amides is 1. The number of nitrogens with one attached hydrogen (secondary N) is 2. The zero-order valence-corrected chi connectivity index (χ0v) is 14.5. The van der Waals surface area contributed by atoms with Gasteiger partial charge in [-0.3, -0.25) is 10.1 Å². The SMILES string of the molecule is COc1ccc(C(=O)NC(=S)Nc2ccc(C#N)cc2)cc1Br. The number of anilines is 1. The highest BCUT2D eigenvalue weighted by molar-refractivity contribution is 9.10. The quantitative estimate of drug-likeness (QED) is 0.786. The van der Waals surface area contributed by atoms with E-state index in [4.69, 9.17) is 22.2 Å². The van der Waals surface area contributed by atoms with Crippen molar-refractivity contribution >= 4 is 44.9 Å². The summed E-state index contributed by atoms with van der Waals surface area (Å²) in [6.45, 7) is 0. The van der Waals surface area contributed by atoms with Crippen LogP contribution in [-0.4, -0.2) is 18.1 Å². The lowest BCUT2D eigenvalue weighted by Crippen LogP contribution is -2.34. The van der Waals surface area contributed by atoms with Crippen molar-refractivity contribution in [1.82, 2.24) is 5.32 Å². The van der Waals surface area contributed by atoms with Gasteiger partial charge >= 0.3 is 0 Å². The predicted molar refractivity (Wildman–Crippen MR) is 95.5 cm³/mol. The summed E-state index contributed by atoms with van der Waals surface area (Å²) in [5, 5.41) is 14.4. The average molecular weight is 390 g/mol. The summed E-state index contributed by atoms with van der Waals surface area (Å²) in [7, 11) is 1.55. The molecule has 2 aromatic rings. The second-order valence-corrected chi connectivity index (χ2v) is 5.71. The molecule has 0 aromatic heterocycles. The van der Waals surface area contributed by atoms with E-state index in [1.807, 2.05) is 6.07 Å². The van der Waals surface area contributed by atoms with Crippen LogP contribution < -0.4 is 15.4 Å². The van der Waals surface area contributed by atoms with Crippen molar-refractivity contribution < 1.29 is 9.53 Å². The Hall–Kier alpha value is -2.43. The molecule has 0 atom stereocenters. The van der Waals surface area contributed by atoms with Gasteiger partial charge < -0.3 is 10.1 Å². The lowest BCUT2D eigenvalue weighted by molar-refractivity contribution is 0.0977. The molecule has 0 aliphatic rings. The first kappa shape index (κ1) is 16.9. The van der Waals surface area contributed by atoms with E-state index in [9.17, 15) is 4.79 Å². The number of ether oxygens (including phenoxy) is 1. The Labute approximate surface area is 147 Å². The molecule has 0 aliphatic carbocycles. The van der Waals surface area contributed by atoms with E-state index < -0.39 is 0 Å². The van der Waals surface area contributed by atoms with Crippen LogP contribution in [0.25, 0.3) is 0 Å². The molecule has 0 heterocycles. The second-order valence-electron chi connectivity index (χ2n) is 4.45. The smallest absolute Gasteiger partial charge is 0.257 e. The third kappa shape index (κ3) is 4.52. The number of thiocarbonyl (C=S) groups is 1.